The lowest BCUT2D eigenvalue weighted by Crippen LogP contribution is -2.40. The van der Waals surface area contributed by atoms with E-state index < -0.39 is 10.0 Å². The summed E-state index contributed by atoms with van der Waals surface area (Å²) < 4.78 is 37.6. The second-order valence-corrected chi connectivity index (χ2v) is 8.59. The number of carbonyl (C=O) groups excluding carboxylic acids is 1. The van der Waals surface area contributed by atoms with E-state index in [0.717, 1.165) is 5.56 Å². The smallest absolute Gasteiger partial charge is 0.260 e. The first-order valence-electron chi connectivity index (χ1n) is 8.77. The molecular weight excluding hydrogens is 404 g/mol. The molecule has 3 rings (SSSR count). The van der Waals surface area contributed by atoms with Crippen LogP contribution in [0.25, 0.3) is 0 Å². The fraction of sp³-hybridized carbons (Fsp3) is 0.316. The van der Waals surface area contributed by atoms with Crippen LogP contribution in [0.3, 0.4) is 0 Å². The van der Waals surface area contributed by atoms with Gasteiger partial charge in [-0.05, 0) is 30.3 Å². The molecular formula is C19H21ClN2O5S. The molecule has 0 aliphatic carbocycles. The molecule has 0 unspecified atom stereocenters. The summed E-state index contributed by atoms with van der Waals surface area (Å²) in [6.45, 7) is 0.601. The molecule has 0 radical (unpaired) electrons. The summed E-state index contributed by atoms with van der Waals surface area (Å²) in [5, 5.41) is 0.552. The Morgan fingerprint density at radius 3 is 2.75 bits per heavy atom. The first-order chi connectivity index (χ1) is 13.4. The van der Waals surface area contributed by atoms with Gasteiger partial charge in [-0.25, -0.2) is 13.1 Å². The normalized spacial score (nSPS) is 14.2. The van der Waals surface area contributed by atoms with Crippen LogP contribution in [0.1, 0.15) is 5.56 Å². The molecule has 1 heterocycles. The molecule has 1 aliphatic rings. The average molecular weight is 425 g/mol. The van der Waals surface area contributed by atoms with Crippen molar-refractivity contribution < 1.29 is 22.7 Å². The van der Waals surface area contributed by atoms with E-state index in [1.54, 1.807) is 35.2 Å². The van der Waals surface area contributed by atoms with Crippen molar-refractivity contribution in [1.82, 2.24) is 9.62 Å². The van der Waals surface area contributed by atoms with E-state index in [1.165, 1.54) is 0 Å². The van der Waals surface area contributed by atoms with Crippen molar-refractivity contribution in [1.29, 1.82) is 0 Å². The maximum absolute atomic E-state index is 12.2. The minimum absolute atomic E-state index is 0.0434. The Bertz CT molecular complexity index is 921. The van der Waals surface area contributed by atoms with E-state index in [4.69, 9.17) is 21.1 Å². The van der Waals surface area contributed by atoms with Gasteiger partial charge in [0, 0.05) is 30.2 Å². The Labute approximate surface area is 169 Å². The van der Waals surface area contributed by atoms with Crippen molar-refractivity contribution in [2.45, 2.75) is 6.54 Å². The van der Waals surface area contributed by atoms with Gasteiger partial charge in [0.15, 0.2) is 6.61 Å². The molecule has 7 nitrogen and oxygen atoms in total. The van der Waals surface area contributed by atoms with Crippen molar-refractivity contribution in [3.05, 3.63) is 59.1 Å². The number of hydrogen-bond donors (Lipinski definition) is 1. The standard InChI is InChI=1S/C19H21ClN2O5S/c20-16-6-7-18-15(12-16)13-22(19(23)14-27-18)9-8-21-28(24,25)11-10-26-17-4-2-1-3-5-17/h1-7,12,21H,8-11,13-14H2. The van der Waals surface area contributed by atoms with Crippen molar-refractivity contribution in [2.75, 3.05) is 32.1 Å². The van der Waals surface area contributed by atoms with Gasteiger partial charge in [-0.15, -0.1) is 0 Å². The first-order valence-corrected chi connectivity index (χ1v) is 10.8. The van der Waals surface area contributed by atoms with Crippen LogP contribution in [0.5, 0.6) is 11.5 Å². The Morgan fingerprint density at radius 1 is 1.18 bits per heavy atom. The lowest BCUT2D eigenvalue weighted by Gasteiger charge is -2.20. The molecule has 0 saturated carbocycles. The van der Waals surface area contributed by atoms with Gasteiger partial charge < -0.3 is 14.4 Å². The summed E-state index contributed by atoms with van der Waals surface area (Å²) in [5.41, 5.74) is 0.789. The zero-order valence-electron chi connectivity index (χ0n) is 15.1. The van der Waals surface area contributed by atoms with Gasteiger partial charge in [-0.1, -0.05) is 29.8 Å². The second kappa shape index (κ2) is 9.27. The number of hydrogen-bond acceptors (Lipinski definition) is 5. The van der Waals surface area contributed by atoms with Gasteiger partial charge in [0.2, 0.25) is 10.0 Å². The molecule has 9 heteroatoms. The summed E-state index contributed by atoms with van der Waals surface area (Å²) in [5.74, 6) is 0.847. The van der Waals surface area contributed by atoms with Gasteiger partial charge >= 0.3 is 0 Å². The second-order valence-electron chi connectivity index (χ2n) is 6.23. The summed E-state index contributed by atoms with van der Waals surface area (Å²) >= 11 is 6.01. The molecule has 0 atom stereocenters. The predicted octanol–water partition coefficient (Wildman–Crippen LogP) is 2.06. The molecule has 0 aromatic heterocycles. The molecule has 2 aromatic carbocycles. The maximum Gasteiger partial charge on any atom is 0.260 e. The molecule has 2 aromatic rings. The van der Waals surface area contributed by atoms with Gasteiger partial charge in [0.25, 0.3) is 5.91 Å². The predicted molar refractivity (Wildman–Crippen MR) is 106 cm³/mol. The molecule has 0 spiro atoms. The molecule has 1 amide bonds. The van der Waals surface area contributed by atoms with E-state index in [1.807, 2.05) is 18.2 Å². The molecule has 0 saturated heterocycles. The number of ether oxygens (including phenoxy) is 2. The quantitative estimate of drug-likeness (QED) is 0.701. The van der Waals surface area contributed by atoms with Crippen molar-refractivity contribution in [3.63, 3.8) is 0 Å². The summed E-state index contributed by atoms with van der Waals surface area (Å²) in [6.07, 6.45) is 0. The summed E-state index contributed by atoms with van der Waals surface area (Å²) in [6, 6.07) is 14.2. The van der Waals surface area contributed by atoms with Crippen molar-refractivity contribution in [2.24, 2.45) is 0 Å². The lowest BCUT2D eigenvalue weighted by molar-refractivity contribution is -0.133. The van der Waals surface area contributed by atoms with Crippen LogP contribution in [-0.4, -0.2) is 51.3 Å². The van der Waals surface area contributed by atoms with Gasteiger partial charge in [0.1, 0.15) is 18.1 Å². The number of benzene rings is 2. The topological polar surface area (TPSA) is 84.9 Å². The van der Waals surface area contributed by atoms with E-state index in [2.05, 4.69) is 4.72 Å². The van der Waals surface area contributed by atoms with Gasteiger partial charge in [0.05, 0.1) is 5.75 Å². The molecule has 1 N–H and O–H groups in total. The van der Waals surface area contributed by atoms with Crippen LogP contribution in [0.15, 0.2) is 48.5 Å². The third-order valence-electron chi connectivity index (χ3n) is 4.16. The zero-order chi connectivity index (χ0) is 20.0. The van der Waals surface area contributed by atoms with Crippen molar-refractivity contribution in [3.8, 4) is 11.5 Å². The molecule has 0 fully saturated rings. The van der Waals surface area contributed by atoms with E-state index in [9.17, 15) is 13.2 Å². The number of nitrogens with one attached hydrogen (secondary N) is 1. The number of rotatable bonds is 8. The summed E-state index contributed by atoms with van der Waals surface area (Å²) in [7, 11) is -3.51. The highest BCUT2D eigenvalue weighted by Gasteiger charge is 2.22. The Kier molecular flexibility index (Phi) is 6.77. The number of halogens is 1. The van der Waals surface area contributed by atoms with E-state index in [0.29, 0.717) is 23.1 Å². The number of sulfonamides is 1. The number of fused-ring (bicyclic) bond motifs is 1. The van der Waals surface area contributed by atoms with Crippen LogP contribution in [0.2, 0.25) is 5.02 Å². The third kappa shape index (κ3) is 5.85. The highest BCUT2D eigenvalue weighted by Crippen LogP contribution is 2.26. The Balaban J connectivity index is 1.48. The number of nitrogens with zero attached hydrogens (tertiary/aromatic N) is 1. The zero-order valence-corrected chi connectivity index (χ0v) is 16.7. The largest absolute Gasteiger partial charge is 0.492 e. The SMILES string of the molecule is O=C1COc2ccc(Cl)cc2CN1CCNS(=O)(=O)CCOc1ccccc1. The van der Waals surface area contributed by atoms with Crippen LogP contribution < -0.4 is 14.2 Å². The van der Waals surface area contributed by atoms with E-state index >= 15 is 0 Å². The monoisotopic (exact) mass is 424 g/mol. The highest BCUT2D eigenvalue weighted by molar-refractivity contribution is 7.89. The summed E-state index contributed by atoms with van der Waals surface area (Å²) in [4.78, 5) is 13.8. The van der Waals surface area contributed by atoms with E-state index in [-0.39, 0.29) is 38.0 Å². The molecule has 1 aliphatic heterocycles. The molecule has 0 bridgehead atoms. The number of amides is 1. The minimum atomic E-state index is -3.51. The van der Waals surface area contributed by atoms with Crippen LogP contribution in [0, 0.1) is 0 Å². The Hall–Kier alpha value is -2.29. The molecule has 150 valence electrons. The Morgan fingerprint density at radius 2 is 1.96 bits per heavy atom. The first kappa shape index (κ1) is 20.4. The maximum atomic E-state index is 12.2. The molecule has 28 heavy (non-hydrogen) atoms. The van der Waals surface area contributed by atoms with Gasteiger partial charge in [-0.3, -0.25) is 4.79 Å². The van der Waals surface area contributed by atoms with Crippen LogP contribution in [-0.2, 0) is 21.4 Å². The van der Waals surface area contributed by atoms with Crippen LogP contribution in [0.4, 0.5) is 0 Å². The lowest BCUT2D eigenvalue weighted by atomic mass is 10.2. The van der Waals surface area contributed by atoms with Crippen LogP contribution >= 0.6 is 11.6 Å². The fourth-order valence-electron chi connectivity index (χ4n) is 2.73. The minimum Gasteiger partial charge on any atom is -0.492 e. The third-order valence-corrected chi connectivity index (χ3v) is 5.74. The van der Waals surface area contributed by atoms with Gasteiger partial charge in [-0.2, -0.15) is 0 Å². The average Bonchev–Trinajstić information content (AvgIpc) is 2.81. The highest BCUT2D eigenvalue weighted by atomic mass is 35.5. The van der Waals surface area contributed by atoms with Crippen molar-refractivity contribution >= 4 is 27.5 Å². The fourth-order valence-corrected chi connectivity index (χ4v) is 3.78. The number of carbonyl (C=O) groups is 1. The number of para-hydroxylation sites is 1.